The van der Waals surface area contributed by atoms with Crippen molar-refractivity contribution in [1.29, 1.82) is 0 Å². The maximum Gasteiger partial charge on any atom is 0.420 e. The van der Waals surface area contributed by atoms with Gasteiger partial charge < -0.3 is 4.42 Å². The summed E-state index contributed by atoms with van der Waals surface area (Å²) in [6, 6.07) is 26.5. The average molecular weight is 355 g/mol. The number of carbonyl (C=O) groups is 1. The van der Waals surface area contributed by atoms with E-state index < -0.39 is 5.76 Å². The largest absolute Gasteiger partial charge is 0.420 e. The first-order chi connectivity index (χ1) is 13.3. The second-order valence-electron chi connectivity index (χ2n) is 6.22. The molecule has 0 aliphatic heterocycles. The van der Waals surface area contributed by atoms with Crippen LogP contribution in [0.4, 0.5) is 0 Å². The van der Waals surface area contributed by atoms with Gasteiger partial charge in [-0.2, -0.15) is 0 Å². The lowest BCUT2D eigenvalue weighted by atomic mass is 10.0. The molecule has 0 aliphatic rings. The first-order valence-electron chi connectivity index (χ1n) is 8.65. The molecule has 27 heavy (non-hydrogen) atoms. The highest BCUT2D eigenvalue weighted by Gasteiger charge is 2.20. The second kappa shape index (κ2) is 7.30. The van der Waals surface area contributed by atoms with Crippen LogP contribution in [0, 0.1) is 0 Å². The molecule has 0 fully saturated rings. The summed E-state index contributed by atoms with van der Waals surface area (Å²) in [7, 11) is 0. The van der Waals surface area contributed by atoms with E-state index in [4.69, 9.17) is 4.42 Å². The summed E-state index contributed by atoms with van der Waals surface area (Å²) in [5, 5.41) is 0. The standard InChI is InChI=1S/C23H17NO3/c25-16-18-11-13-19(14-12-18)21-22(20-9-5-2-6-10-20)27-23(26)24(21)15-17-7-3-1-4-8-17/h1-14,16H,15H2. The van der Waals surface area contributed by atoms with Gasteiger partial charge in [0.05, 0.1) is 12.2 Å². The van der Waals surface area contributed by atoms with E-state index >= 15 is 0 Å². The third-order valence-corrected chi connectivity index (χ3v) is 4.43. The van der Waals surface area contributed by atoms with Gasteiger partial charge in [-0.1, -0.05) is 84.9 Å². The summed E-state index contributed by atoms with van der Waals surface area (Å²) in [6.07, 6.45) is 0.800. The molecule has 132 valence electrons. The second-order valence-corrected chi connectivity index (χ2v) is 6.22. The summed E-state index contributed by atoms with van der Waals surface area (Å²) in [4.78, 5) is 23.7. The Morgan fingerprint density at radius 2 is 1.41 bits per heavy atom. The van der Waals surface area contributed by atoms with Crippen molar-refractivity contribution in [3.63, 3.8) is 0 Å². The summed E-state index contributed by atoms with van der Waals surface area (Å²) in [6.45, 7) is 0.404. The van der Waals surface area contributed by atoms with E-state index in [1.165, 1.54) is 0 Å². The SMILES string of the molecule is O=Cc1ccc(-c2c(-c3ccccc3)oc(=O)n2Cc2ccccc2)cc1. The molecule has 1 aromatic heterocycles. The van der Waals surface area contributed by atoms with Gasteiger partial charge in [0.1, 0.15) is 6.29 Å². The highest BCUT2D eigenvalue weighted by atomic mass is 16.4. The predicted molar refractivity (Wildman–Crippen MR) is 105 cm³/mol. The number of aldehydes is 1. The van der Waals surface area contributed by atoms with Crippen molar-refractivity contribution < 1.29 is 9.21 Å². The van der Waals surface area contributed by atoms with Crippen LogP contribution in [0.15, 0.2) is 94.1 Å². The summed E-state index contributed by atoms with van der Waals surface area (Å²) in [5.74, 6) is 0.113. The highest BCUT2D eigenvalue weighted by molar-refractivity contribution is 5.80. The Kier molecular flexibility index (Phi) is 4.54. The lowest BCUT2D eigenvalue weighted by Gasteiger charge is -2.09. The van der Waals surface area contributed by atoms with Crippen LogP contribution in [0.2, 0.25) is 0 Å². The number of rotatable bonds is 5. The fourth-order valence-electron chi connectivity index (χ4n) is 3.11. The molecule has 0 spiro atoms. The number of benzene rings is 3. The van der Waals surface area contributed by atoms with E-state index in [-0.39, 0.29) is 0 Å². The maximum atomic E-state index is 12.7. The van der Waals surface area contributed by atoms with Gasteiger partial charge in [0, 0.05) is 16.7 Å². The Labute approximate surface area is 156 Å². The molecule has 4 nitrogen and oxygen atoms in total. The molecular formula is C23H17NO3. The van der Waals surface area contributed by atoms with E-state index in [1.54, 1.807) is 16.7 Å². The lowest BCUT2D eigenvalue weighted by Crippen LogP contribution is -2.16. The van der Waals surface area contributed by atoms with Crippen LogP contribution >= 0.6 is 0 Å². The van der Waals surface area contributed by atoms with Crippen molar-refractivity contribution in [3.8, 4) is 22.6 Å². The van der Waals surface area contributed by atoms with E-state index in [1.807, 2.05) is 72.8 Å². The minimum Gasteiger partial charge on any atom is -0.407 e. The Bertz CT molecular complexity index is 1110. The van der Waals surface area contributed by atoms with Crippen molar-refractivity contribution in [2.75, 3.05) is 0 Å². The molecule has 0 unspecified atom stereocenters. The molecule has 4 rings (SSSR count). The molecule has 0 bridgehead atoms. The zero-order chi connectivity index (χ0) is 18.6. The zero-order valence-corrected chi connectivity index (χ0v) is 14.5. The Hall–Kier alpha value is -3.66. The van der Waals surface area contributed by atoms with Crippen LogP contribution < -0.4 is 5.76 Å². The molecule has 0 amide bonds. The van der Waals surface area contributed by atoms with Crippen LogP contribution in [0.1, 0.15) is 15.9 Å². The average Bonchev–Trinajstić information content (AvgIpc) is 3.06. The van der Waals surface area contributed by atoms with Crippen molar-refractivity contribution in [1.82, 2.24) is 4.57 Å². The molecule has 1 heterocycles. The van der Waals surface area contributed by atoms with Gasteiger partial charge in [-0.15, -0.1) is 0 Å². The van der Waals surface area contributed by atoms with Crippen molar-refractivity contribution in [3.05, 3.63) is 107 Å². The van der Waals surface area contributed by atoms with Gasteiger partial charge in [-0.25, -0.2) is 4.79 Å². The number of nitrogens with zero attached hydrogens (tertiary/aromatic N) is 1. The van der Waals surface area contributed by atoms with E-state index in [0.29, 0.717) is 23.6 Å². The first-order valence-corrected chi connectivity index (χ1v) is 8.65. The Morgan fingerprint density at radius 1 is 0.778 bits per heavy atom. The smallest absolute Gasteiger partial charge is 0.407 e. The van der Waals surface area contributed by atoms with Gasteiger partial charge in [0.2, 0.25) is 0 Å². The summed E-state index contributed by atoms with van der Waals surface area (Å²) < 4.78 is 7.29. The third-order valence-electron chi connectivity index (χ3n) is 4.43. The predicted octanol–water partition coefficient (Wildman–Crippen LogP) is 4.64. The zero-order valence-electron chi connectivity index (χ0n) is 14.5. The molecule has 0 saturated heterocycles. The quantitative estimate of drug-likeness (QED) is 0.490. The molecule has 4 heteroatoms. The van der Waals surface area contributed by atoms with Crippen LogP contribution in [0.3, 0.4) is 0 Å². The molecule has 3 aromatic carbocycles. The number of hydrogen-bond acceptors (Lipinski definition) is 3. The summed E-state index contributed by atoms with van der Waals surface area (Å²) >= 11 is 0. The van der Waals surface area contributed by atoms with Crippen LogP contribution in [0.25, 0.3) is 22.6 Å². The van der Waals surface area contributed by atoms with E-state index in [9.17, 15) is 9.59 Å². The van der Waals surface area contributed by atoms with Gasteiger partial charge in [0.25, 0.3) is 0 Å². The Balaban J connectivity index is 1.91. The van der Waals surface area contributed by atoms with E-state index in [2.05, 4.69) is 0 Å². The topological polar surface area (TPSA) is 52.2 Å². The lowest BCUT2D eigenvalue weighted by molar-refractivity contribution is 0.112. The highest BCUT2D eigenvalue weighted by Crippen LogP contribution is 2.32. The van der Waals surface area contributed by atoms with Crippen molar-refractivity contribution in [2.45, 2.75) is 6.54 Å². The number of aromatic nitrogens is 1. The molecular weight excluding hydrogens is 338 g/mol. The fraction of sp³-hybridized carbons (Fsp3) is 0.0435. The first kappa shape index (κ1) is 16.8. The monoisotopic (exact) mass is 355 g/mol. The van der Waals surface area contributed by atoms with Crippen molar-refractivity contribution in [2.24, 2.45) is 0 Å². The molecule has 0 saturated carbocycles. The molecule has 0 aliphatic carbocycles. The normalized spacial score (nSPS) is 10.7. The minimum atomic E-state index is -0.410. The van der Waals surface area contributed by atoms with Gasteiger partial charge in [0.15, 0.2) is 5.76 Å². The minimum absolute atomic E-state index is 0.404. The molecule has 4 aromatic rings. The molecule has 0 radical (unpaired) electrons. The molecule has 0 atom stereocenters. The van der Waals surface area contributed by atoms with Crippen LogP contribution in [0.5, 0.6) is 0 Å². The van der Waals surface area contributed by atoms with Crippen LogP contribution in [-0.2, 0) is 6.54 Å². The third kappa shape index (κ3) is 3.37. The summed E-state index contributed by atoms with van der Waals surface area (Å²) in [5.41, 5.74) is 3.94. The molecule has 0 N–H and O–H groups in total. The number of carbonyl (C=O) groups excluding carboxylic acids is 1. The number of hydrogen-bond donors (Lipinski definition) is 0. The van der Waals surface area contributed by atoms with Gasteiger partial charge in [-0.3, -0.25) is 9.36 Å². The Morgan fingerprint density at radius 3 is 2.04 bits per heavy atom. The number of oxazole rings is 1. The van der Waals surface area contributed by atoms with Crippen molar-refractivity contribution >= 4 is 6.29 Å². The fourth-order valence-corrected chi connectivity index (χ4v) is 3.11. The van der Waals surface area contributed by atoms with E-state index in [0.717, 1.165) is 23.0 Å². The van der Waals surface area contributed by atoms with Gasteiger partial charge >= 0.3 is 5.76 Å². The van der Waals surface area contributed by atoms with Crippen LogP contribution in [-0.4, -0.2) is 10.9 Å². The van der Waals surface area contributed by atoms with Gasteiger partial charge in [-0.05, 0) is 5.56 Å². The maximum absolute atomic E-state index is 12.7.